The Kier molecular flexibility index (Phi) is 2.61. The van der Waals surface area contributed by atoms with Crippen molar-refractivity contribution in [2.75, 3.05) is 13.1 Å². The summed E-state index contributed by atoms with van der Waals surface area (Å²) in [7, 11) is 0. The van der Waals surface area contributed by atoms with Gasteiger partial charge in [-0.05, 0) is 37.6 Å². The van der Waals surface area contributed by atoms with Crippen LogP contribution in [0, 0.1) is 5.41 Å². The molecule has 0 aromatic heterocycles. The number of piperidine rings is 1. The molecule has 2 aliphatic rings. The van der Waals surface area contributed by atoms with Crippen LogP contribution in [0.5, 0.6) is 0 Å². The third-order valence-electron chi connectivity index (χ3n) is 3.80. The van der Waals surface area contributed by atoms with Crippen LogP contribution >= 0.6 is 0 Å². The quantitative estimate of drug-likeness (QED) is 0.691. The maximum Gasteiger partial charge on any atom is 0.0148 e. The van der Waals surface area contributed by atoms with Gasteiger partial charge >= 0.3 is 0 Å². The topological polar surface area (TPSA) is 24.1 Å². The van der Waals surface area contributed by atoms with Crippen molar-refractivity contribution in [1.29, 1.82) is 0 Å². The number of rotatable bonds is 3. The van der Waals surface area contributed by atoms with Crippen molar-refractivity contribution in [2.24, 2.45) is 5.41 Å². The minimum Gasteiger partial charge on any atom is -0.316 e. The Morgan fingerprint density at radius 1 is 1.38 bits per heavy atom. The summed E-state index contributed by atoms with van der Waals surface area (Å²) in [6, 6.07) is 1.61. The van der Waals surface area contributed by atoms with E-state index in [1.54, 1.807) is 0 Å². The standard InChI is InChI=1S/C11H22N2/c1-3-11(2)8-12-7-6-10(11)13-9-4-5-9/h9-10,12-13H,3-8H2,1-2H3. The Bertz CT molecular complexity index is 177. The largest absolute Gasteiger partial charge is 0.316 e. The predicted molar refractivity (Wildman–Crippen MR) is 55.8 cm³/mol. The zero-order valence-electron chi connectivity index (χ0n) is 8.90. The predicted octanol–water partition coefficient (Wildman–Crippen LogP) is 1.52. The minimum absolute atomic E-state index is 0.487. The molecule has 0 amide bonds. The molecular weight excluding hydrogens is 160 g/mol. The summed E-state index contributed by atoms with van der Waals surface area (Å²) < 4.78 is 0. The van der Waals surface area contributed by atoms with Crippen molar-refractivity contribution in [1.82, 2.24) is 10.6 Å². The lowest BCUT2D eigenvalue weighted by Crippen LogP contribution is -2.54. The summed E-state index contributed by atoms with van der Waals surface area (Å²) in [5.74, 6) is 0. The van der Waals surface area contributed by atoms with Crippen LogP contribution in [-0.2, 0) is 0 Å². The van der Waals surface area contributed by atoms with Gasteiger partial charge in [0.15, 0.2) is 0 Å². The molecule has 2 nitrogen and oxygen atoms in total. The van der Waals surface area contributed by atoms with Crippen molar-refractivity contribution in [3.05, 3.63) is 0 Å². The van der Waals surface area contributed by atoms with E-state index in [9.17, 15) is 0 Å². The molecule has 2 atom stereocenters. The Balaban J connectivity index is 1.94. The first-order valence-corrected chi connectivity index (χ1v) is 5.71. The van der Waals surface area contributed by atoms with Gasteiger partial charge in [0.05, 0.1) is 0 Å². The van der Waals surface area contributed by atoms with Crippen LogP contribution in [0.15, 0.2) is 0 Å². The third-order valence-corrected chi connectivity index (χ3v) is 3.80. The average molecular weight is 182 g/mol. The van der Waals surface area contributed by atoms with Gasteiger partial charge in [-0.15, -0.1) is 0 Å². The smallest absolute Gasteiger partial charge is 0.0148 e. The molecule has 1 aliphatic heterocycles. The van der Waals surface area contributed by atoms with Gasteiger partial charge in [-0.3, -0.25) is 0 Å². The molecule has 76 valence electrons. The van der Waals surface area contributed by atoms with Crippen LogP contribution in [0.25, 0.3) is 0 Å². The molecule has 1 aliphatic carbocycles. The van der Waals surface area contributed by atoms with Gasteiger partial charge in [-0.1, -0.05) is 13.8 Å². The van der Waals surface area contributed by atoms with Crippen LogP contribution < -0.4 is 10.6 Å². The maximum absolute atomic E-state index is 3.79. The van der Waals surface area contributed by atoms with Crippen LogP contribution in [0.1, 0.15) is 39.5 Å². The molecule has 2 heteroatoms. The minimum atomic E-state index is 0.487. The molecule has 1 heterocycles. The highest BCUT2D eigenvalue weighted by Crippen LogP contribution is 2.32. The lowest BCUT2D eigenvalue weighted by atomic mass is 9.76. The van der Waals surface area contributed by atoms with E-state index >= 15 is 0 Å². The van der Waals surface area contributed by atoms with Gasteiger partial charge in [0.1, 0.15) is 0 Å². The van der Waals surface area contributed by atoms with Gasteiger partial charge in [-0.2, -0.15) is 0 Å². The molecule has 2 unspecified atom stereocenters. The first kappa shape index (κ1) is 9.47. The number of hydrogen-bond acceptors (Lipinski definition) is 2. The summed E-state index contributed by atoms with van der Waals surface area (Å²) in [6.07, 6.45) is 5.40. The SMILES string of the molecule is CCC1(C)CNCCC1NC1CC1. The van der Waals surface area contributed by atoms with E-state index in [0.717, 1.165) is 12.1 Å². The number of hydrogen-bond donors (Lipinski definition) is 2. The van der Waals surface area contributed by atoms with E-state index in [0.29, 0.717) is 5.41 Å². The molecule has 0 radical (unpaired) electrons. The van der Waals surface area contributed by atoms with Gasteiger partial charge in [-0.25, -0.2) is 0 Å². The highest BCUT2D eigenvalue weighted by molar-refractivity contribution is 4.96. The third kappa shape index (κ3) is 2.05. The molecule has 0 aromatic rings. The van der Waals surface area contributed by atoms with Crippen LogP contribution in [0.4, 0.5) is 0 Å². The lowest BCUT2D eigenvalue weighted by Gasteiger charge is -2.42. The summed E-state index contributed by atoms with van der Waals surface area (Å²) in [6.45, 7) is 7.11. The van der Waals surface area contributed by atoms with E-state index < -0.39 is 0 Å². The van der Waals surface area contributed by atoms with Gasteiger partial charge in [0, 0.05) is 18.6 Å². The summed E-state index contributed by atoms with van der Waals surface area (Å²) >= 11 is 0. The van der Waals surface area contributed by atoms with Crippen LogP contribution in [0.3, 0.4) is 0 Å². The molecule has 1 saturated heterocycles. The van der Waals surface area contributed by atoms with Crippen LogP contribution in [0.2, 0.25) is 0 Å². The second-order valence-electron chi connectivity index (χ2n) is 4.97. The first-order chi connectivity index (χ1) is 6.24. The molecular formula is C11H22N2. The molecule has 1 saturated carbocycles. The monoisotopic (exact) mass is 182 g/mol. The Morgan fingerprint density at radius 2 is 2.15 bits per heavy atom. The van der Waals surface area contributed by atoms with E-state index in [1.165, 1.54) is 38.8 Å². The Hall–Kier alpha value is -0.0800. The maximum atomic E-state index is 3.79. The molecule has 2 rings (SSSR count). The fraction of sp³-hybridized carbons (Fsp3) is 1.00. The van der Waals surface area contributed by atoms with Gasteiger partial charge in [0.25, 0.3) is 0 Å². The van der Waals surface area contributed by atoms with Crippen molar-refractivity contribution >= 4 is 0 Å². The lowest BCUT2D eigenvalue weighted by molar-refractivity contribution is 0.155. The van der Waals surface area contributed by atoms with Gasteiger partial charge in [0.2, 0.25) is 0 Å². The molecule has 2 N–H and O–H groups in total. The molecule has 0 aromatic carbocycles. The first-order valence-electron chi connectivity index (χ1n) is 5.71. The average Bonchev–Trinajstić information content (AvgIpc) is 2.93. The van der Waals surface area contributed by atoms with Crippen LogP contribution in [-0.4, -0.2) is 25.2 Å². The second kappa shape index (κ2) is 3.58. The fourth-order valence-electron chi connectivity index (χ4n) is 2.28. The van der Waals surface area contributed by atoms with E-state index in [-0.39, 0.29) is 0 Å². The Morgan fingerprint density at radius 3 is 2.77 bits per heavy atom. The highest BCUT2D eigenvalue weighted by Gasteiger charge is 2.37. The molecule has 0 spiro atoms. The van der Waals surface area contributed by atoms with Crippen molar-refractivity contribution < 1.29 is 0 Å². The normalized spacial score (nSPS) is 40.6. The summed E-state index contributed by atoms with van der Waals surface area (Å²) in [5, 5.41) is 7.30. The molecule has 2 fully saturated rings. The Labute approximate surface area is 81.5 Å². The fourth-order valence-corrected chi connectivity index (χ4v) is 2.28. The van der Waals surface area contributed by atoms with Gasteiger partial charge < -0.3 is 10.6 Å². The van der Waals surface area contributed by atoms with Crippen molar-refractivity contribution in [3.8, 4) is 0 Å². The second-order valence-corrected chi connectivity index (χ2v) is 4.97. The highest BCUT2D eigenvalue weighted by atomic mass is 15.0. The number of nitrogens with one attached hydrogen (secondary N) is 2. The zero-order chi connectivity index (χ0) is 9.31. The molecule has 0 bridgehead atoms. The van der Waals surface area contributed by atoms with E-state index in [1.807, 2.05) is 0 Å². The van der Waals surface area contributed by atoms with E-state index in [4.69, 9.17) is 0 Å². The van der Waals surface area contributed by atoms with Crippen molar-refractivity contribution in [3.63, 3.8) is 0 Å². The zero-order valence-corrected chi connectivity index (χ0v) is 8.90. The van der Waals surface area contributed by atoms with E-state index in [2.05, 4.69) is 24.5 Å². The summed E-state index contributed by atoms with van der Waals surface area (Å²) in [5.41, 5.74) is 0.487. The molecule has 13 heavy (non-hydrogen) atoms. The summed E-state index contributed by atoms with van der Waals surface area (Å²) in [4.78, 5) is 0. The van der Waals surface area contributed by atoms with Crippen molar-refractivity contribution in [2.45, 2.75) is 51.6 Å².